The topological polar surface area (TPSA) is 49.8 Å². The lowest BCUT2D eigenvalue weighted by atomic mass is 10.1. The Morgan fingerprint density at radius 3 is 2.37 bits per heavy atom. The Kier molecular flexibility index (Phi) is 4.34. The van der Waals surface area contributed by atoms with Crippen molar-refractivity contribution in [3.8, 4) is 0 Å². The Morgan fingerprint density at radius 1 is 1.00 bits per heavy atom. The summed E-state index contributed by atoms with van der Waals surface area (Å²) in [5, 5.41) is 6.61. The Bertz CT molecular complexity index is 552. The number of aryl methyl sites for hydroxylation is 1. The normalized spacial score (nSPS) is 10.3. The summed E-state index contributed by atoms with van der Waals surface area (Å²) in [5.74, 6) is 1.78. The fraction of sp³-hybridized carbons (Fsp3) is 0.333. The van der Waals surface area contributed by atoms with E-state index in [1.165, 1.54) is 11.1 Å². The van der Waals surface area contributed by atoms with Crippen LogP contribution < -0.4 is 10.6 Å². The van der Waals surface area contributed by atoms with Crippen molar-refractivity contribution in [2.75, 3.05) is 17.2 Å². The first kappa shape index (κ1) is 13.3. The molecular weight excluding hydrogens is 236 g/mol. The van der Waals surface area contributed by atoms with Crippen molar-refractivity contribution in [2.24, 2.45) is 0 Å². The first-order valence-corrected chi connectivity index (χ1v) is 6.56. The minimum absolute atomic E-state index is 0.774. The van der Waals surface area contributed by atoms with Gasteiger partial charge in [0.2, 0.25) is 0 Å². The summed E-state index contributed by atoms with van der Waals surface area (Å²) in [6.07, 6.45) is 1.59. The second-order valence-electron chi connectivity index (χ2n) is 4.51. The Balaban J connectivity index is 2.12. The molecule has 0 atom stereocenters. The molecule has 1 heterocycles. The van der Waals surface area contributed by atoms with E-state index >= 15 is 0 Å². The molecule has 0 aliphatic rings. The van der Waals surface area contributed by atoms with E-state index in [0.29, 0.717) is 0 Å². The molecule has 0 radical (unpaired) electrons. The third-order valence-electron chi connectivity index (χ3n) is 3.14. The van der Waals surface area contributed by atoms with Gasteiger partial charge < -0.3 is 10.6 Å². The van der Waals surface area contributed by atoms with E-state index in [-0.39, 0.29) is 0 Å². The molecule has 0 bridgehead atoms. The summed E-state index contributed by atoms with van der Waals surface area (Å²) in [6, 6.07) is 8.36. The summed E-state index contributed by atoms with van der Waals surface area (Å²) >= 11 is 0. The number of rotatable bonds is 5. The molecule has 0 saturated carbocycles. The molecule has 1 aromatic carbocycles. The van der Waals surface area contributed by atoms with E-state index < -0.39 is 0 Å². The van der Waals surface area contributed by atoms with E-state index in [0.717, 1.165) is 30.3 Å². The van der Waals surface area contributed by atoms with Crippen LogP contribution in [0.5, 0.6) is 0 Å². The average Bonchev–Trinajstić information content (AvgIpc) is 2.42. The zero-order chi connectivity index (χ0) is 13.7. The van der Waals surface area contributed by atoms with Crippen molar-refractivity contribution in [1.82, 2.24) is 9.97 Å². The summed E-state index contributed by atoms with van der Waals surface area (Å²) in [4.78, 5) is 8.54. The van der Waals surface area contributed by atoms with Crippen LogP contribution in [0.15, 0.2) is 30.6 Å². The predicted molar refractivity (Wildman–Crippen MR) is 79.4 cm³/mol. The minimum atomic E-state index is 0.774. The molecule has 0 amide bonds. The summed E-state index contributed by atoms with van der Waals surface area (Å²) in [6.45, 7) is 7.83. The molecule has 2 N–H and O–H groups in total. The van der Waals surface area contributed by atoms with Crippen molar-refractivity contribution in [2.45, 2.75) is 27.3 Å². The predicted octanol–water partition coefficient (Wildman–Crippen LogP) is 3.14. The van der Waals surface area contributed by atoms with Crippen molar-refractivity contribution < 1.29 is 0 Å². The minimum Gasteiger partial charge on any atom is -0.370 e. The van der Waals surface area contributed by atoms with E-state index in [1.54, 1.807) is 6.33 Å². The number of aromatic nitrogens is 2. The largest absolute Gasteiger partial charge is 0.370 e. The molecule has 2 aromatic rings. The van der Waals surface area contributed by atoms with E-state index in [9.17, 15) is 0 Å². The molecule has 100 valence electrons. The van der Waals surface area contributed by atoms with E-state index in [1.807, 2.05) is 6.92 Å². The second kappa shape index (κ2) is 6.18. The lowest BCUT2D eigenvalue weighted by molar-refractivity contribution is 1.04. The van der Waals surface area contributed by atoms with Gasteiger partial charge >= 0.3 is 0 Å². The highest BCUT2D eigenvalue weighted by molar-refractivity contribution is 5.56. The van der Waals surface area contributed by atoms with Crippen LogP contribution in [0.4, 0.5) is 11.6 Å². The summed E-state index contributed by atoms with van der Waals surface area (Å²) in [7, 11) is 0. The fourth-order valence-corrected chi connectivity index (χ4v) is 1.96. The fourth-order valence-electron chi connectivity index (χ4n) is 1.96. The number of hydrogen-bond donors (Lipinski definition) is 2. The molecule has 0 fully saturated rings. The van der Waals surface area contributed by atoms with Gasteiger partial charge in [0.05, 0.1) is 0 Å². The lowest BCUT2D eigenvalue weighted by Gasteiger charge is -2.12. The van der Waals surface area contributed by atoms with Crippen LogP contribution in [0.25, 0.3) is 0 Å². The van der Waals surface area contributed by atoms with Gasteiger partial charge in [0, 0.05) is 18.7 Å². The van der Waals surface area contributed by atoms with Crippen LogP contribution in [-0.4, -0.2) is 16.5 Å². The highest BCUT2D eigenvalue weighted by atomic mass is 15.1. The molecule has 0 unspecified atom stereocenters. The lowest BCUT2D eigenvalue weighted by Crippen LogP contribution is -2.08. The van der Waals surface area contributed by atoms with Crippen LogP contribution in [0, 0.1) is 13.8 Å². The third-order valence-corrected chi connectivity index (χ3v) is 3.14. The van der Waals surface area contributed by atoms with E-state index in [2.05, 4.69) is 58.7 Å². The van der Waals surface area contributed by atoms with E-state index in [4.69, 9.17) is 0 Å². The number of nitrogens with one attached hydrogen (secondary N) is 2. The Hall–Kier alpha value is -2.10. The number of anilines is 2. The molecule has 0 saturated heterocycles. The molecule has 4 nitrogen and oxygen atoms in total. The monoisotopic (exact) mass is 256 g/mol. The van der Waals surface area contributed by atoms with Crippen LogP contribution in [0.2, 0.25) is 0 Å². The zero-order valence-electron chi connectivity index (χ0n) is 11.7. The van der Waals surface area contributed by atoms with Gasteiger partial charge in [0.1, 0.15) is 18.0 Å². The molecule has 1 aromatic heterocycles. The van der Waals surface area contributed by atoms with Gasteiger partial charge in [0.15, 0.2) is 0 Å². The Morgan fingerprint density at radius 2 is 1.68 bits per heavy atom. The summed E-state index contributed by atoms with van der Waals surface area (Å²) < 4.78 is 0. The molecule has 0 spiro atoms. The number of nitrogens with zero attached hydrogens (tertiary/aromatic N) is 2. The van der Waals surface area contributed by atoms with Gasteiger partial charge in [-0.25, -0.2) is 9.97 Å². The maximum atomic E-state index is 4.30. The molecule has 2 rings (SSSR count). The summed E-state index contributed by atoms with van der Waals surface area (Å²) in [5.41, 5.74) is 3.62. The smallest absolute Gasteiger partial charge is 0.134 e. The molecule has 0 aliphatic heterocycles. The van der Waals surface area contributed by atoms with Gasteiger partial charge in [0.25, 0.3) is 0 Å². The van der Waals surface area contributed by atoms with Crippen molar-refractivity contribution >= 4 is 11.6 Å². The average molecular weight is 256 g/mol. The van der Waals surface area contributed by atoms with Crippen LogP contribution in [-0.2, 0) is 6.54 Å². The molecule has 4 heteroatoms. The first-order valence-electron chi connectivity index (χ1n) is 6.56. The van der Waals surface area contributed by atoms with Crippen molar-refractivity contribution in [3.63, 3.8) is 0 Å². The van der Waals surface area contributed by atoms with Gasteiger partial charge in [-0.15, -0.1) is 0 Å². The Labute approximate surface area is 114 Å². The second-order valence-corrected chi connectivity index (χ2v) is 4.51. The van der Waals surface area contributed by atoms with Crippen LogP contribution in [0.3, 0.4) is 0 Å². The molecular formula is C15H20N4. The third kappa shape index (κ3) is 3.22. The number of hydrogen-bond acceptors (Lipinski definition) is 4. The highest BCUT2D eigenvalue weighted by Gasteiger charge is 2.06. The standard InChI is InChI=1S/C15H20N4/c1-4-16-14-12(3)15(19-10-18-14)17-9-13-8-6-5-7-11(13)2/h5-8,10H,4,9H2,1-3H3,(H2,16,17,18,19). The van der Waals surface area contributed by atoms with Crippen LogP contribution >= 0.6 is 0 Å². The van der Waals surface area contributed by atoms with Crippen molar-refractivity contribution in [3.05, 3.63) is 47.3 Å². The number of benzene rings is 1. The maximum absolute atomic E-state index is 4.30. The van der Waals surface area contributed by atoms with Gasteiger partial charge in [-0.3, -0.25) is 0 Å². The first-order chi connectivity index (χ1) is 9.22. The maximum Gasteiger partial charge on any atom is 0.134 e. The van der Waals surface area contributed by atoms with Gasteiger partial charge in [-0.2, -0.15) is 0 Å². The zero-order valence-corrected chi connectivity index (χ0v) is 11.7. The van der Waals surface area contributed by atoms with Crippen LogP contribution in [0.1, 0.15) is 23.6 Å². The van der Waals surface area contributed by atoms with Crippen molar-refractivity contribution in [1.29, 1.82) is 0 Å². The van der Waals surface area contributed by atoms with Gasteiger partial charge in [-0.1, -0.05) is 24.3 Å². The highest BCUT2D eigenvalue weighted by Crippen LogP contribution is 2.19. The molecule has 19 heavy (non-hydrogen) atoms. The quantitative estimate of drug-likeness (QED) is 0.863. The SMILES string of the molecule is CCNc1ncnc(NCc2ccccc2C)c1C. The van der Waals surface area contributed by atoms with Gasteiger partial charge in [-0.05, 0) is 31.9 Å². The molecule has 0 aliphatic carbocycles.